The lowest BCUT2D eigenvalue weighted by molar-refractivity contribution is -0.113. The van der Waals surface area contributed by atoms with Crippen molar-refractivity contribution in [2.24, 2.45) is 0 Å². The summed E-state index contributed by atoms with van der Waals surface area (Å²) in [6, 6.07) is 15.3. The first-order chi connectivity index (χ1) is 13.7. The van der Waals surface area contributed by atoms with Crippen molar-refractivity contribution in [2.75, 3.05) is 30.6 Å². The number of anilines is 2. The molecule has 0 spiro atoms. The predicted octanol–water partition coefficient (Wildman–Crippen LogP) is 3.90. The van der Waals surface area contributed by atoms with Gasteiger partial charge in [-0.15, -0.1) is 10.2 Å². The Hall–Kier alpha value is -2.78. The number of thioether (sulfide) groups is 1. The van der Waals surface area contributed by atoms with Gasteiger partial charge in [-0.3, -0.25) is 4.79 Å². The number of hydrogen-bond acceptors (Lipinski definition) is 8. The Bertz CT molecular complexity index is 919. The Labute approximate surface area is 171 Å². The number of rotatable bonds is 9. The Kier molecular flexibility index (Phi) is 7.10. The molecule has 146 valence electrons. The molecule has 1 aromatic heterocycles. The number of ether oxygens (including phenoxy) is 2. The fraction of sp³-hybridized carbons (Fsp3) is 0.211. The van der Waals surface area contributed by atoms with Crippen molar-refractivity contribution in [3.8, 4) is 11.5 Å². The van der Waals surface area contributed by atoms with Crippen LogP contribution in [-0.4, -0.2) is 36.1 Å². The first-order valence-electron chi connectivity index (χ1n) is 8.44. The zero-order valence-electron chi connectivity index (χ0n) is 15.5. The van der Waals surface area contributed by atoms with Crippen molar-refractivity contribution in [1.82, 2.24) is 10.2 Å². The summed E-state index contributed by atoms with van der Waals surface area (Å²) < 4.78 is 11.2. The zero-order chi connectivity index (χ0) is 19.8. The smallest absolute Gasteiger partial charge is 0.234 e. The normalized spacial score (nSPS) is 10.4. The summed E-state index contributed by atoms with van der Waals surface area (Å²) in [6.07, 6.45) is 0. The molecule has 0 bridgehead atoms. The molecule has 2 aromatic carbocycles. The number of hydrogen-bond donors (Lipinski definition) is 2. The molecule has 2 N–H and O–H groups in total. The number of carbonyl (C=O) groups is 1. The SMILES string of the molecule is COc1ccc(NC(=O)CSc2nnc(NCc3ccccc3)s2)cc1OC. The van der Waals surface area contributed by atoms with E-state index < -0.39 is 0 Å². The highest BCUT2D eigenvalue weighted by atomic mass is 32.2. The Morgan fingerprint density at radius 3 is 2.61 bits per heavy atom. The minimum absolute atomic E-state index is 0.133. The largest absolute Gasteiger partial charge is 0.493 e. The van der Waals surface area contributed by atoms with Gasteiger partial charge in [-0.2, -0.15) is 0 Å². The van der Waals surface area contributed by atoms with Gasteiger partial charge in [0, 0.05) is 18.3 Å². The molecule has 28 heavy (non-hydrogen) atoms. The topological polar surface area (TPSA) is 85.4 Å². The summed E-state index contributed by atoms with van der Waals surface area (Å²) >= 11 is 2.77. The van der Waals surface area contributed by atoms with Gasteiger partial charge in [0.15, 0.2) is 15.8 Å². The molecule has 9 heteroatoms. The fourth-order valence-corrected chi connectivity index (χ4v) is 3.90. The van der Waals surface area contributed by atoms with Crippen LogP contribution in [0.5, 0.6) is 11.5 Å². The molecule has 0 aliphatic rings. The maximum Gasteiger partial charge on any atom is 0.234 e. The van der Waals surface area contributed by atoms with Gasteiger partial charge in [-0.05, 0) is 17.7 Å². The molecular formula is C19H20N4O3S2. The molecule has 1 amide bonds. The third-order valence-electron chi connectivity index (χ3n) is 3.69. The highest BCUT2D eigenvalue weighted by molar-refractivity contribution is 8.01. The van der Waals surface area contributed by atoms with Crippen molar-refractivity contribution in [3.63, 3.8) is 0 Å². The molecule has 0 aliphatic carbocycles. The molecule has 7 nitrogen and oxygen atoms in total. The predicted molar refractivity (Wildman–Crippen MR) is 113 cm³/mol. The lowest BCUT2D eigenvalue weighted by Gasteiger charge is -2.10. The van der Waals surface area contributed by atoms with Crippen LogP contribution >= 0.6 is 23.1 Å². The van der Waals surface area contributed by atoms with E-state index in [2.05, 4.69) is 20.8 Å². The van der Waals surface area contributed by atoms with E-state index >= 15 is 0 Å². The van der Waals surface area contributed by atoms with Crippen LogP contribution < -0.4 is 20.1 Å². The summed E-state index contributed by atoms with van der Waals surface area (Å²) in [6.45, 7) is 0.680. The highest BCUT2D eigenvalue weighted by Gasteiger charge is 2.10. The van der Waals surface area contributed by atoms with Gasteiger partial charge in [0.05, 0.1) is 20.0 Å². The van der Waals surface area contributed by atoms with Gasteiger partial charge in [0.25, 0.3) is 0 Å². The van der Waals surface area contributed by atoms with E-state index in [-0.39, 0.29) is 11.7 Å². The number of benzene rings is 2. The van der Waals surface area contributed by atoms with Crippen LogP contribution in [0.25, 0.3) is 0 Å². The molecule has 0 atom stereocenters. The Morgan fingerprint density at radius 2 is 1.86 bits per heavy atom. The van der Waals surface area contributed by atoms with Crippen molar-refractivity contribution >= 4 is 39.8 Å². The molecule has 0 radical (unpaired) electrons. The van der Waals surface area contributed by atoms with Crippen molar-refractivity contribution in [2.45, 2.75) is 10.9 Å². The number of nitrogens with zero attached hydrogens (tertiary/aromatic N) is 2. The van der Waals surface area contributed by atoms with E-state index in [0.717, 1.165) is 9.47 Å². The summed E-state index contributed by atoms with van der Waals surface area (Å²) in [5.41, 5.74) is 1.81. The second-order valence-corrected chi connectivity index (χ2v) is 7.82. The van der Waals surface area contributed by atoms with Crippen LogP contribution in [0, 0.1) is 0 Å². The maximum atomic E-state index is 12.2. The van der Waals surface area contributed by atoms with E-state index in [4.69, 9.17) is 9.47 Å². The number of nitrogens with one attached hydrogen (secondary N) is 2. The van der Waals surface area contributed by atoms with Crippen LogP contribution in [0.4, 0.5) is 10.8 Å². The number of carbonyl (C=O) groups excluding carboxylic acids is 1. The summed E-state index contributed by atoms with van der Waals surface area (Å²) in [7, 11) is 3.12. The molecule has 0 unspecified atom stereocenters. The third-order valence-corrected chi connectivity index (χ3v) is 5.70. The number of methoxy groups -OCH3 is 2. The maximum absolute atomic E-state index is 12.2. The lowest BCUT2D eigenvalue weighted by atomic mass is 10.2. The quantitative estimate of drug-likeness (QED) is 0.512. The zero-order valence-corrected chi connectivity index (χ0v) is 17.1. The van der Waals surface area contributed by atoms with E-state index in [1.54, 1.807) is 32.4 Å². The van der Waals surface area contributed by atoms with E-state index in [1.807, 2.05) is 30.3 Å². The second kappa shape index (κ2) is 9.95. The van der Waals surface area contributed by atoms with Gasteiger partial charge in [-0.25, -0.2) is 0 Å². The van der Waals surface area contributed by atoms with Gasteiger partial charge in [0.2, 0.25) is 11.0 Å². The average molecular weight is 417 g/mol. The fourth-order valence-electron chi connectivity index (χ4n) is 2.35. The van der Waals surface area contributed by atoms with E-state index in [9.17, 15) is 4.79 Å². The molecule has 0 aliphatic heterocycles. The van der Waals surface area contributed by atoms with E-state index in [0.29, 0.717) is 23.7 Å². The lowest BCUT2D eigenvalue weighted by Crippen LogP contribution is -2.14. The van der Waals surface area contributed by atoms with E-state index in [1.165, 1.54) is 28.7 Å². The molecule has 1 heterocycles. The molecule has 0 saturated heterocycles. The molecule has 3 aromatic rings. The monoisotopic (exact) mass is 416 g/mol. The van der Waals surface area contributed by atoms with Gasteiger partial charge >= 0.3 is 0 Å². The Morgan fingerprint density at radius 1 is 1.07 bits per heavy atom. The van der Waals surface area contributed by atoms with Crippen LogP contribution in [0.2, 0.25) is 0 Å². The van der Waals surface area contributed by atoms with Crippen molar-refractivity contribution < 1.29 is 14.3 Å². The highest BCUT2D eigenvalue weighted by Crippen LogP contribution is 2.30. The minimum Gasteiger partial charge on any atom is -0.493 e. The standard InChI is InChI=1S/C19H20N4O3S2/c1-25-15-9-8-14(10-16(15)26-2)21-17(24)12-27-19-23-22-18(28-19)20-11-13-6-4-3-5-7-13/h3-10H,11-12H2,1-2H3,(H,20,22)(H,21,24). The molecular weight excluding hydrogens is 396 g/mol. The van der Waals surface area contributed by atoms with Crippen LogP contribution in [0.15, 0.2) is 52.9 Å². The first kappa shape index (κ1) is 20.0. The first-order valence-corrected chi connectivity index (χ1v) is 10.2. The van der Waals surface area contributed by atoms with Crippen LogP contribution in [0.3, 0.4) is 0 Å². The summed E-state index contributed by atoms with van der Waals surface area (Å²) in [5.74, 6) is 1.28. The average Bonchev–Trinajstić information content (AvgIpc) is 3.19. The summed E-state index contributed by atoms with van der Waals surface area (Å²) in [4.78, 5) is 12.2. The number of aromatic nitrogens is 2. The number of amides is 1. The van der Waals surface area contributed by atoms with Crippen molar-refractivity contribution in [1.29, 1.82) is 0 Å². The van der Waals surface area contributed by atoms with Crippen molar-refractivity contribution in [3.05, 3.63) is 54.1 Å². The second-order valence-electron chi connectivity index (χ2n) is 5.62. The summed E-state index contributed by atoms with van der Waals surface area (Å²) in [5, 5.41) is 15.0. The molecule has 0 fully saturated rings. The van der Waals surface area contributed by atoms with Crippen LogP contribution in [0.1, 0.15) is 5.56 Å². The third kappa shape index (κ3) is 5.61. The molecule has 0 saturated carbocycles. The Balaban J connectivity index is 1.48. The molecule has 3 rings (SSSR count). The minimum atomic E-state index is -0.133. The van der Waals surface area contributed by atoms with Gasteiger partial charge < -0.3 is 20.1 Å². The van der Waals surface area contributed by atoms with Gasteiger partial charge in [0.1, 0.15) is 0 Å². The van der Waals surface area contributed by atoms with Crippen LogP contribution in [-0.2, 0) is 11.3 Å². The van der Waals surface area contributed by atoms with Gasteiger partial charge in [-0.1, -0.05) is 53.4 Å².